The van der Waals surface area contributed by atoms with Crippen LogP contribution >= 0.6 is 0 Å². The number of methoxy groups -OCH3 is 1. The number of hydrogen-bond acceptors (Lipinski definition) is 7. The van der Waals surface area contributed by atoms with Gasteiger partial charge in [-0.2, -0.15) is 0 Å². The van der Waals surface area contributed by atoms with Gasteiger partial charge in [0.05, 0.1) is 24.2 Å². The third-order valence-electron chi connectivity index (χ3n) is 4.77. The molecule has 32 heavy (non-hydrogen) atoms. The molecule has 0 aliphatic rings. The second kappa shape index (κ2) is 12.8. The molecule has 2 aromatic carbocycles. The average Bonchev–Trinajstić information content (AvgIpc) is 2.81. The number of nitro groups is 1. The van der Waals surface area contributed by atoms with Crippen LogP contribution in [0.25, 0.3) is 0 Å². The Morgan fingerprint density at radius 1 is 1.03 bits per heavy atom. The molecule has 2 rings (SSSR count). The van der Waals surface area contributed by atoms with Gasteiger partial charge < -0.3 is 14.4 Å². The van der Waals surface area contributed by atoms with Gasteiger partial charge in [-0.15, -0.1) is 0 Å². The van der Waals surface area contributed by atoms with E-state index in [1.54, 1.807) is 24.3 Å². The molecule has 9 heteroatoms. The van der Waals surface area contributed by atoms with Gasteiger partial charge in [-0.3, -0.25) is 24.5 Å². The number of aldehydes is 1. The molecular weight excluding hydrogens is 416 g/mol. The molecule has 0 heterocycles. The summed E-state index contributed by atoms with van der Waals surface area (Å²) in [6, 6.07) is 13.3. The van der Waals surface area contributed by atoms with Crippen molar-refractivity contribution in [2.75, 3.05) is 25.2 Å². The quantitative estimate of drug-likeness (QED) is 0.152. The molecule has 0 fully saturated rings. The number of carbonyl (C=O) groups excluding carboxylic acids is 3. The van der Waals surface area contributed by atoms with E-state index >= 15 is 0 Å². The van der Waals surface area contributed by atoms with Gasteiger partial charge in [0.15, 0.2) is 12.0 Å². The van der Waals surface area contributed by atoms with E-state index < -0.39 is 10.9 Å². The summed E-state index contributed by atoms with van der Waals surface area (Å²) in [5, 5.41) is 11.2. The van der Waals surface area contributed by atoms with Crippen molar-refractivity contribution in [3.05, 3.63) is 64.2 Å². The van der Waals surface area contributed by atoms with E-state index in [2.05, 4.69) is 4.74 Å². The van der Waals surface area contributed by atoms with E-state index in [-0.39, 0.29) is 42.5 Å². The highest BCUT2D eigenvalue weighted by Gasteiger charge is 2.21. The van der Waals surface area contributed by atoms with Crippen LogP contribution in [0.2, 0.25) is 0 Å². The van der Waals surface area contributed by atoms with Crippen LogP contribution < -0.4 is 9.64 Å². The summed E-state index contributed by atoms with van der Waals surface area (Å²) >= 11 is 0. The van der Waals surface area contributed by atoms with Gasteiger partial charge in [0.25, 0.3) is 0 Å². The summed E-state index contributed by atoms with van der Waals surface area (Å²) in [7, 11) is 1.28. The zero-order chi connectivity index (χ0) is 23.3. The summed E-state index contributed by atoms with van der Waals surface area (Å²) in [6.45, 7) is 0.112. The van der Waals surface area contributed by atoms with Crippen LogP contribution in [0, 0.1) is 10.1 Å². The second-order valence-electron chi connectivity index (χ2n) is 6.97. The molecule has 0 aliphatic heterocycles. The first-order valence-corrected chi connectivity index (χ1v) is 10.3. The fraction of sp³-hybridized carbons (Fsp3) is 0.348. The number of carbonyl (C=O) groups is 3. The molecule has 0 atom stereocenters. The minimum absolute atomic E-state index is 0.0269. The number of nitro benzene ring substituents is 1. The summed E-state index contributed by atoms with van der Waals surface area (Å²) < 4.78 is 10.2. The minimum Gasteiger partial charge on any atom is -0.487 e. The highest BCUT2D eigenvalue weighted by atomic mass is 16.6. The van der Waals surface area contributed by atoms with Crippen molar-refractivity contribution in [1.82, 2.24) is 0 Å². The topological polar surface area (TPSA) is 116 Å². The lowest BCUT2D eigenvalue weighted by molar-refractivity contribution is -0.386. The predicted molar refractivity (Wildman–Crippen MR) is 118 cm³/mol. The Labute approximate surface area is 186 Å². The van der Waals surface area contributed by atoms with E-state index in [9.17, 15) is 24.5 Å². The van der Waals surface area contributed by atoms with Crippen molar-refractivity contribution in [2.45, 2.75) is 32.1 Å². The molecule has 1 amide bonds. The number of anilines is 1. The molecule has 0 spiro atoms. The number of hydrogen-bond donors (Lipinski definition) is 0. The number of amides is 1. The Kier molecular flexibility index (Phi) is 9.83. The van der Waals surface area contributed by atoms with Crippen LogP contribution in [-0.2, 0) is 14.3 Å². The molecule has 0 saturated carbocycles. The maximum atomic E-state index is 12.6. The largest absolute Gasteiger partial charge is 0.487 e. The molecular formula is C23H26N2O7. The van der Waals surface area contributed by atoms with E-state index in [0.29, 0.717) is 24.8 Å². The zero-order valence-electron chi connectivity index (χ0n) is 17.9. The van der Waals surface area contributed by atoms with Crippen molar-refractivity contribution in [3.8, 4) is 5.75 Å². The third-order valence-corrected chi connectivity index (χ3v) is 4.77. The fourth-order valence-corrected chi connectivity index (χ4v) is 3.12. The smallest absolute Gasteiger partial charge is 0.325 e. The van der Waals surface area contributed by atoms with E-state index in [1.807, 2.05) is 6.07 Å². The zero-order valence-corrected chi connectivity index (χ0v) is 17.9. The number of ether oxygens (including phenoxy) is 2. The third kappa shape index (κ3) is 7.19. The van der Waals surface area contributed by atoms with Crippen LogP contribution in [0.1, 0.15) is 42.5 Å². The van der Waals surface area contributed by atoms with E-state index in [4.69, 9.17) is 4.74 Å². The molecule has 0 N–H and O–H groups in total. The highest BCUT2D eigenvalue weighted by molar-refractivity contribution is 5.97. The average molecular weight is 442 g/mol. The van der Waals surface area contributed by atoms with Crippen molar-refractivity contribution >= 4 is 29.5 Å². The SMILES string of the molecule is COC(=O)CN(C(=O)CCCCCCOc1cccc(C=O)c1[N+](=O)[O-])c1ccccc1. The van der Waals surface area contributed by atoms with Crippen LogP contribution in [0.15, 0.2) is 48.5 Å². The van der Waals surface area contributed by atoms with Gasteiger partial charge in [0, 0.05) is 12.1 Å². The number of esters is 1. The monoisotopic (exact) mass is 442 g/mol. The number of nitrogens with zero attached hydrogens (tertiary/aromatic N) is 2. The van der Waals surface area contributed by atoms with Gasteiger partial charge in [0.1, 0.15) is 6.54 Å². The van der Waals surface area contributed by atoms with E-state index in [0.717, 1.165) is 12.8 Å². The summed E-state index contributed by atoms with van der Waals surface area (Å²) in [4.78, 5) is 47.3. The van der Waals surface area contributed by atoms with Crippen molar-refractivity contribution in [3.63, 3.8) is 0 Å². The summed E-state index contributed by atoms with van der Waals surface area (Å²) in [6.07, 6.45) is 3.50. The Morgan fingerprint density at radius 2 is 1.75 bits per heavy atom. The first-order valence-electron chi connectivity index (χ1n) is 10.3. The van der Waals surface area contributed by atoms with Crippen LogP contribution in [0.3, 0.4) is 0 Å². The van der Waals surface area contributed by atoms with Gasteiger partial charge in [-0.1, -0.05) is 37.1 Å². The number of rotatable bonds is 13. The summed E-state index contributed by atoms with van der Waals surface area (Å²) in [5.74, 6) is -0.595. The second-order valence-corrected chi connectivity index (χ2v) is 6.97. The minimum atomic E-state index is -0.627. The van der Waals surface area contributed by atoms with Crippen molar-refractivity contribution in [1.29, 1.82) is 0 Å². The molecule has 0 unspecified atom stereocenters. The first-order chi connectivity index (χ1) is 15.5. The van der Waals surface area contributed by atoms with Crippen LogP contribution in [-0.4, -0.2) is 43.3 Å². The maximum Gasteiger partial charge on any atom is 0.325 e. The van der Waals surface area contributed by atoms with Gasteiger partial charge >= 0.3 is 11.7 Å². The molecule has 9 nitrogen and oxygen atoms in total. The Balaban J connectivity index is 1.77. The summed E-state index contributed by atoms with van der Waals surface area (Å²) in [5.41, 5.74) is 0.274. The van der Waals surface area contributed by atoms with Crippen molar-refractivity contribution in [2.24, 2.45) is 0 Å². The number of para-hydroxylation sites is 2. The van der Waals surface area contributed by atoms with E-state index in [1.165, 1.54) is 30.2 Å². The molecule has 0 aromatic heterocycles. The standard InChI is InChI=1S/C23H26N2O7/c1-31-22(28)16-24(19-11-5-4-6-12-19)21(27)14-7-2-3-8-15-32-20-13-9-10-18(17-26)23(20)25(29)30/h4-6,9-13,17H,2-3,7-8,14-16H2,1H3. The van der Waals surface area contributed by atoms with Gasteiger partial charge in [-0.05, 0) is 37.1 Å². The maximum absolute atomic E-state index is 12.6. The van der Waals surface area contributed by atoms with Crippen LogP contribution in [0.5, 0.6) is 5.75 Å². The molecule has 0 radical (unpaired) electrons. The Morgan fingerprint density at radius 3 is 2.41 bits per heavy atom. The first kappa shape index (κ1) is 24.5. The number of unbranched alkanes of at least 4 members (excludes halogenated alkanes) is 3. The lowest BCUT2D eigenvalue weighted by Gasteiger charge is -2.21. The lowest BCUT2D eigenvalue weighted by atomic mass is 10.1. The highest BCUT2D eigenvalue weighted by Crippen LogP contribution is 2.30. The Hall–Kier alpha value is -3.75. The van der Waals surface area contributed by atoms with Crippen LogP contribution in [0.4, 0.5) is 11.4 Å². The number of benzene rings is 2. The predicted octanol–water partition coefficient (Wildman–Crippen LogP) is 3.94. The normalized spacial score (nSPS) is 10.3. The molecule has 0 bridgehead atoms. The molecule has 0 saturated heterocycles. The van der Waals surface area contributed by atoms with Gasteiger partial charge in [0.2, 0.25) is 5.91 Å². The van der Waals surface area contributed by atoms with Crippen molar-refractivity contribution < 1.29 is 28.8 Å². The molecule has 0 aliphatic carbocycles. The lowest BCUT2D eigenvalue weighted by Crippen LogP contribution is -2.36. The van der Waals surface area contributed by atoms with Gasteiger partial charge in [-0.25, -0.2) is 0 Å². The fourth-order valence-electron chi connectivity index (χ4n) is 3.12. The molecule has 170 valence electrons. The molecule has 2 aromatic rings. The Bertz CT molecular complexity index is 931.